The quantitative estimate of drug-likeness (QED) is 0.556. The van der Waals surface area contributed by atoms with Crippen molar-refractivity contribution in [2.75, 3.05) is 6.54 Å². The van der Waals surface area contributed by atoms with Gasteiger partial charge in [-0.3, -0.25) is 4.99 Å². The standard InChI is InChI=1S/C11H15NO/c1-2-3-8-12-9-10-6-4-5-7-11(10)13/h4-7,9,13H,2-3,8H2,1H3/b12-9-. The maximum absolute atomic E-state index is 9.38. The lowest BCUT2D eigenvalue weighted by atomic mass is 10.2. The fourth-order valence-corrected chi connectivity index (χ4v) is 1.01. The van der Waals surface area contributed by atoms with E-state index < -0.39 is 0 Å². The zero-order chi connectivity index (χ0) is 9.52. The minimum Gasteiger partial charge on any atom is -0.507 e. The Labute approximate surface area is 78.9 Å². The predicted octanol–water partition coefficient (Wildman–Crippen LogP) is 2.61. The maximum Gasteiger partial charge on any atom is 0.124 e. The van der Waals surface area contributed by atoms with Crippen LogP contribution in [0.4, 0.5) is 0 Å². The van der Waals surface area contributed by atoms with Crippen LogP contribution in [0.5, 0.6) is 5.75 Å². The van der Waals surface area contributed by atoms with Crippen LogP contribution in [0.3, 0.4) is 0 Å². The number of aromatic hydroxyl groups is 1. The van der Waals surface area contributed by atoms with Gasteiger partial charge in [0, 0.05) is 18.3 Å². The Morgan fingerprint density at radius 3 is 2.85 bits per heavy atom. The fraction of sp³-hybridized carbons (Fsp3) is 0.364. The summed E-state index contributed by atoms with van der Waals surface area (Å²) in [5.74, 6) is 0.294. The normalized spacial score (nSPS) is 10.8. The molecule has 0 aliphatic rings. The fourth-order valence-electron chi connectivity index (χ4n) is 1.01. The molecule has 13 heavy (non-hydrogen) atoms. The second-order valence-electron chi connectivity index (χ2n) is 2.95. The van der Waals surface area contributed by atoms with E-state index >= 15 is 0 Å². The number of benzene rings is 1. The molecule has 0 saturated carbocycles. The van der Waals surface area contributed by atoms with Gasteiger partial charge >= 0.3 is 0 Å². The van der Waals surface area contributed by atoms with Crippen LogP contribution in [0.2, 0.25) is 0 Å². The molecule has 0 aliphatic heterocycles. The summed E-state index contributed by atoms with van der Waals surface area (Å²) >= 11 is 0. The molecule has 1 aromatic carbocycles. The van der Waals surface area contributed by atoms with Crippen molar-refractivity contribution < 1.29 is 5.11 Å². The second kappa shape index (κ2) is 5.36. The van der Waals surface area contributed by atoms with Gasteiger partial charge in [0.1, 0.15) is 5.75 Å². The third-order valence-corrected chi connectivity index (χ3v) is 1.81. The summed E-state index contributed by atoms with van der Waals surface area (Å²) in [6, 6.07) is 7.21. The Hall–Kier alpha value is -1.31. The third-order valence-electron chi connectivity index (χ3n) is 1.81. The molecule has 1 aromatic rings. The lowest BCUT2D eigenvalue weighted by Crippen LogP contribution is -1.84. The van der Waals surface area contributed by atoms with E-state index in [4.69, 9.17) is 0 Å². The molecule has 0 spiro atoms. The molecule has 0 heterocycles. The van der Waals surface area contributed by atoms with Crippen molar-refractivity contribution in [1.29, 1.82) is 0 Å². The van der Waals surface area contributed by atoms with E-state index in [1.165, 1.54) is 0 Å². The first-order chi connectivity index (χ1) is 6.34. The smallest absolute Gasteiger partial charge is 0.124 e. The van der Waals surface area contributed by atoms with E-state index in [9.17, 15) is 5.11 Å². The highest BCUT2D eigenvalue weighted by molar-refractivity contribution is 5.83. The van der Waals surface area contributed by atoms with Crippen LogP contribution in [0.15, 0.2) is 29.3 Å². The molecular formula is C11H15NO. The van der Waals surface area contributed by atoms with Crippen LogP contribution < -0.4 is 0 Å². The van der Waals surface area contributed by atoms with Crippen LogP contribution in [-0.2, 0) is 0 Å². The van der Waals surface area contributed by atoms with Gasteiger partial charge in [-0.2, -0.15) is 0 Å². The average molecular weight is 177 g/mol. The molecule has 0 aliphatic carbocycles. The molecule has 0 fully saturated rings. The number of hydrogen-bond donors (Lipinski definition) is 1. The molecule has 2 heteroatoms. The molecule has 1 N–H and O–H groups in total. The van der Waals surface area contributed by atoms with E-state index in [1.54, 1.807) is 18.3 Å². The molecule has 0 bridgehead atoms. The van der Waals surface area contributed by atoms with Crippen molar-refractivity contribution in [3.8, 4) is 5.75 Å². The van der Waals surface area contributed by atoms with E-state index in [0.717, 1.165) is 24.9 Å². The number of rotatable bonds is 4. The summed E-state index contributed by atoms with van der Waals surface area (Å²) in [7, 11) is 0. The first-order valence-corrected chi connectivity index (χ1v) is 4.62. The number of phenols is 1. The van der Waals surface area contributed by atoms with Crippen molar-refractivity contribution in [3.05, 3.63) is 29.8 Å². The minimum absolute atomic E-state index is 0.294. The van der Waals surface area contributed by atoms with E-state index in [-0.39, 0.29) is 0 Å². The SMILES string of the molecule is CCCC/N=C\c1ccccc1O. The maximum atomic E-state index is 9.38. The number of hydrogen-bond acceptors (Lipinski definition) is 2. The van der Waals surface area contributed by atoms with Crippen LogP contribution in [0.1, 0.15) is 25.3 Å². The van der Waals surface area contributed by atoms with Crippen LogP contribution in [-0.4, -0.2) is 17.9 Å². The van der Waals surface area contributed by atoms with Crippen LogP contribution >= 0.6 is 0 Å². The Morgan fingerprint density at radius 2 is 2.15 bits per heavy atom. The third kappa shape index (κ3) is 3.28. The molecule has 2 nitrogen and oxygen atoms in total. The van der Waals surface area contributed by atoms with Gasteiger partial charge < -0.3 is 5.11 Å². The first kappa shape index (κ1) is 9.78. The van der Waals surface area contributed by atoms with Gasteiger partial charge in [0.15, 0.2) is 0 Å². The number of para-hydroxylation sites is 1. The first-order valence-electron chi connectivity index (χ1n) is 4.62. The predicted molar refractivity (Wildman–Crippen MR) is 55.5 cm³/mol. The Morgan fingerprint density at radius 1 is 1.38 bits per heavy atom. The monoisotopic (exact) mass is 177 g/mol. The lowest BCUT2D eigenvalue weighted by molar-refractivity contribution is 0.474. The number of unbranched alkanes of at least 4 members (excludes halogenated alkanes) is 1. The van der Waals surface area contributed by atoms with Crippen molar-refractivity contribution in [2.24, 2.45) is 4.99 Å². The lowest BCUT2D eigenvalue weighted by Gasteiger charge is -1.96. The average Bonchev–Trinajstić information content (AvgIpc) is 2.15. The molecule has 0 radical (unpaired) electrons. The van der Waals surface area contributed by atoms with Crippen LogP contribution in [0.25, 0.3) is 0 Å². The van der Waals surface area contributed by atoms with Gasteiger partial charge in [-0.05, 0) is 18.6 Å². The summed E-state index contributed by atoms with van der Waals surface area (Å²) in [6.45, 7) is 2.97. The van der Waals surface area contributed by atoms with Gasteiger partial charge in [0.05, 0.1) is 0 Å². The van der Waals surface area contributed by atoms with E-state index in [0.29, 0.717) is 5.75 Å². The Balaban J connectivity index is 2.53. The van der Waals surface area contributed by atoms with Gasteiger partial charge in [-0.15, -0.1) is 0 Å². The van der Waals surface area contributed by atoms with Gasteiger partial charge in [0.25, 0.3) is 0 Å². The van der Waals surface area contributed by atoms with Crippen molar-refractivity contribution in [2.45, 2.75) is 19.8 Å². The highest BCUT2D eigenvalue weighted by Crippen LogP contribution is 2.12. The minimum atomic E-state index is 0.294. The molecule has 0 unspecified atom stereocenters. The Kier molecular flexibility index (Phi) is 4.03. The Bertz CT molecular complexity index is 281. The molecular weight excluding hydrogens is 162 g/mol. The highest BCUT2D eigenvalue weighted by Gasteiger charge is 1.93. The zero-order valence-electron chi connectivity index (χ0n) is 7.90. The molecule has 0 aromatic heterocycles. The van der Waals surface area contributed by atoms with E-state index in [1.807, 2.05) is 12.1 Å². The molecule has 0 amide bonds. The second-order valence-corrected chi connectivity index (χ2v) is 2.95. The number of aliphatic imine (C=N–C) groups is 1. The van der Waals surface area contributed by atoms with E-state index in [2.05, 4.69) is 11.9 Å². The largest absolute Gasteiger partial charge is 0.507 e. The summed E-state index contributed by atoms with van der Waals surface area (Å²) in [5.41, 5.74) is 0.790. The zero-order valence-corrected chi connectivity index (χ0v) is 7.90. The number of phenolic OH excluding ortho intramolecular Hbond substituents is 1. The topological polar surface area (TPSA) is 32.6 Å². The van der Waals surface area contributed by atoms with Gasteiger partial charge in [-0.25, -0.2) is 0 Å². The molecule has 0 saturated heterocycles. The van der Waals surface area contributed by atoms with Crippen molar-refractivity contribution in [1.82, 2.24) is 0 Å². The van der Waals surface area contributed by atoms with Crippen LogP contribution in [0, 0.1) is 0 Å². The summed E-state index contributed by atoms with van der Waals surface area (Å²) in [5, 5.41) is 9.38. The molecule has 0 atom stereocenters. The molecule has 1 rings (SSSR count). The van der Waals surface area contributed by atoms with Crippen molar-refractivity contribution >= 4 is 6.21 Å². The van der Waals surface area contributed by atoms with Crippen molar-refractivity contribution in [3.63, 3.8) is 0 Å². The summed E-state index contributed by atoms with van der Waals surface area (Å²) < 4.78 is 0. The summed E-state index contributed by atoms with van der Waals surface area (Å²) in [6.07, 6.45) is 3.98. The van der Waals surface area contributed by atoms with Gasteiger partial charge in [-0.1, -0.05) is 25.5 Å². The highest BCUT2D eigenvalue weighted by atomic mass is 16.3. The number of nitrogens with zero attached hydrogens (tertiary/aromatic N) is 1. The molecule has 70 valence electrons. The summed E-state index contributed by atoms with van der Waals surface area (Å²) in [4.78, 5) is 4.21. The van der Waals surface area contributed by atoms with Gasteiger partial charge in [0.2, 0.25) is 0 Å².